The highest BCUT2D eigenvalue weighted by molar-refractivity contribution is 9.09. The minimum Gasteiger partial charge on any atom is -0.480 e. The summed E-state index contributed by atoms with van der Waals surface area (Å²) in [5.41, 5.74) is 4.26. The lowest BCUT2D eigenvalue weighted by Gasteiger charge is -2.16. The van der Waals surface area contributed by atoms with Crippen LogP contribution in [0.2, 0.25) is 0 Å². The van der Waals surface area contributed by atoms with E-state index >= 15 is 0 Å². The van der Waals surface area contributed by atoms with E-state index < -0.39 is 11.5 Å². The van der Waals surface area contributed by atoms with E-state index in [9.17, 15) is 4.79 Å². The van der Waals surface area contributed by atoms with E-state index in [0.717, 1.165) is 0 Å². The number of carbonyl (C=O) groups is 1. The molecule has 3 nitrogen and oxygen atoms in total. The second-order valence-corrected chi connectivity index (χ2v) is 2.95. The largest absolute Gasteiger partial charge is 0.480 e. The number of carboxylic acid groups (broad SMARTS) is 1. The highest BCUT2D eigenvalue weighted by atomic mass is 79.9. The van der Waals surface area contributed by atoms with Crippen molar-refractivity contribution in [3.63, 3.8) is 0 Å². The molecule has 0 aromatic carbocycles. The van der Waals surface area contributed by atoms with Crippen molar-refractivity contribution in [2.75, 3.05) is 5.33 Å². The number of nitrogens with two attached hydrogens (primary N) is 1. The SMILES string of the molecule is CC(N)(CCBr)C(=O)O. The molecule has 0 aliphatic heterocycles. The van der Waals surface area contributed by atoms with Crippen LogP contribution in [0.1, 0.15) is 13.3 Å². The first-order chi connectivity index (χ1) is 4.00. The standard InChI is InChI=1S/C5H10BrNO2/c1-5(7,2-3-6)4(8)9/h2-3,7H2,1H3,(H,8,9). The molecule has 0 spiro atoms. The second-order valence-electron chi connectivity index (χ2n) is 2.16. The van der Waals surface area contributed by atoms with Gasteiger partial charge in [0.15, 0.2) is 0 Å². The summed E-state index contributed by atoms with van der Waals surface area (Å²) in [5, 5.41) is 9.04. The van der Waals surface area contributed by atoms with Gasteiger partial charge in [0.25, 0.3) is 0 Å². The van der Waals surface area contributed by atoms with Crippen LogP contribution in [0.25, 0.3) is 0 Å². The van der Waals surface area contributed by atoms with Crippen molar-refractivity contribution in [3.8, 4) is 0 Å². The number of hydrogen-bond acceptors (Lipinski definition) is 2. The first-order valence-electron chi connectivity index (χ1n) is 2.59. The Morgan fingerprint density at radius 1 is 1.89 bits per heavy atom. The van der Waals surface area contributed by atoms with Crippen molar-refractivity contribution in [2.45, 2.75) is 18.9 Å². The van der Waals surface area contributed by atoms with Crippen molar-refractivity contribution in [1.29, 1.82) is 0 Å². The zero-order valence-corrected chi connectivity index (χ0v) is 6.81. The molecule has 1 atom stereocenters. The summed E-state index contributed by atoms with van der Waals surface area (Å²) in [6.45, 7) is 1.50. The number of alkyl halides is 1. The molecule has 0 heterocycles. The fraction of sp³-hybridized carbons (Fsp3) is 0.800. The third-order valence-corrected chi connectivity index (χ3v) is 1.50. The Labute approximate surface area is 62.4 Å². The summed E-state index contributed by atoms with van der Waals surface area (Å²) in [7, 11) is 0. The third-order valence-electron chi connectivity index (χ3n) is 1.10. The first kappa shape index (κ1) is 8.91. The van der Waals surface area contributed by atoms with E-state index in [2.05, 4.69) is 15.9 Å². The summed E-state index contributed by atoms with van der Waals surface area (Å²) in [4.78, 5) is 10.3. The average molecular weight is 196 g/mol. The maximum absolute atomic E-state index is 10.3. The molecule has 4 heteroatoms. The Bertz CT molecular complexity index is 114. The third kappa shape index (κ3) is 2.81. The topological polar surface area (TPSA) is 63.3 Å². The maximum atomic E-state index is 10.3. The Morgan fingerprint density at radius 2 is 2.33 bits per heavy atom. The number of carboxylic acids is 1. The first-order valence-corrected chi connectivity index (χ1v) is 3.71. The van der Waals surface area contributed by atoms with E-state index in [1.807, 2.05) is 0 Å². The normalized spacial score (nSPS) is 16.8. The van der Waals surface area contributed by atoms with Crippen molar-refractivity contribution in [1.82, 2.24) is 0 Å². The number of halogens is 1. The lowest BCUT2D eigenvalue weighted by atomic mass is 10.0. The van der Waals surface area contributed by atoms with Crippen molar-refractivity contribution < 1.29 is 9.90 Å². The minimum atomic E-state index is -1.08. The fourth-order valence-electron chi connectivity index (χ4n) is 0.303. The van der Waals surface area contributed by atoms with Gasteiger partial charge in [-0.25, -0.2) is 0 Å². The Balaban J connectivity index is 3.85. The zero-order valence-electron chi connectivity index (χ0n) is 5.22. The summed E-state index contributed by atoms with van der Waals surface area (Å²) in [6.07, 6.45) is 0.447. The molecule has 0 aromatic heterocycles. The van der Waals surface area contributed by atoms with Gasteiger partial charge in [-0.2, -0.15) is 0 Å². The highest BCUT2D eigenvalue weighted by Gasteiger charge is 2.26. The molecule has 0 radical (unpaired) electrons. The Morgan fingerprint density at radius 3 is 2.44 bits per heavy atom. The van der Waals surface area contributed by atoms with Gasteiger partial charge in [0.1, 0.15) is 5.54 Å². The molecule has 0 amide bonds. The highest BCUT2D eigenvalue weighted by Crippen LogP contribution is 2.06. The zero-order chi connectivity index (χ0) is 7.49. The van der Waals surface area contributed by atoms with E-state index in [0.29, 0.717) is 11.8 Å². The van der Waals surface area contributed by atoms with E-state index in [4.69, 9.17) is 10.8 Å². The van der Waals surface area contributed by atoms with Gasteiger partial charge >= 0.3 is 5.97 Å². The van der Waals surface area contributed by atoms with Gasteiger partial charge in [-0.1, -0.05) is 15.9 Å². The summed E-state index contributed by atoms with van der Waals surface area (Å²) >= 11 is 3.11. The monoisotopic (exact) mass is 195 g/mol. The van der Waals surface area contributed by atoms with Gasteiger partial charge in [-0.3, -0.25) is 4.79 Å². The molecule has 9 heavy (non-hydrogen) atoms. The number of aliphatic carboxylic acids is 1. The molecule has 0 bridgehead atoms. The van der Waals surface area contributed by atoms with Crippen LogP contribution in [-0.2, 0) is 4.79 Å². The van der Waals surface area contributed by atoms with Crippen molar-refractivity contribution >= 4 is 21.9 Å². The van der Waals surface area contributed by atoms with Crippen LogP contribution >= 0.6 is 15.9 Å². The predicted molar refractivity (Wildman–Crippen MR) is 38.6 cm³/mol. The fourth-order valence-corrected chi connectivity index (χ4v) is 1.13. The lowest BCUT2D eigenvalue weighted by Crippen LogP contribution is -2.45. The van der Waals surface area contributed by atoms with E-state index in [-0.39, 0.29) is 0 Å². The summed E-state index contributed by atoms with van der Waals surface area (Å²) in [5.74, 6) is -0.957. The molecule has 0 aliphatic rings. The van der Waals surface area contributed by atoms with Crippen LogP contribution in [0.5, 0.6) is 0 Å². The molecule has 1 unspecified atom stereocenters. The van der Waals surface area contributed by atoms with Gasteiger partial charge < -0.3 is 10.8 Å². The molecule has 0 rings (SSSR count). The van der Waals surface area contributed by atoms with Crippen LogP contribution in [0.15, 0.2) is 0 Å². The number of rotatable bonds is 3. The van der Waals surface area contributed by atoms with Crippen LogP contribution in [0, 0.1) is 0 Å². The van der Waals surface area contributed by atoms with Gasteiger partial charge in [-0.05, 0) is 13.3 Å². The molecule has 0 fully saturated rings. The molecule has 0 saturated carbocycles. The van der Waals surface area contributed by atoms with Crippen LogP contribution < -0.4 is 5.73 Å². The second kappa shape index (κ2) is 3.17. The van der Waals surface area contributed by atoms with Crippen molar-refractivity contribution in [3.05, 3.63) is 0 Å². The minimum absolute atomic E-state index is 0.447. The average Bonchev–Trinajstić information content (AvgIpc) is 1.65. The van der Waals surface area contributed by atoms with Gasteiger partial charge in [-0.15, -0.1) is 0 Å². The molecule has 0 aromatic rings. The van der Waals surface area contributed by atoms with Gasteiger partial charge in [0.05, 0.1) is 0 Å². The van der Waals surface area contributed by atoms with Crippen LogP contribution in [0.4, 0.5) is 0 Å². The number of hydrogen-bond donors (Lipinski definition) is 2. The lowest BCUT2D eigenvalue weighted by molar-refractivity contribution is -0.142. The molecule has 0 aliphatic carbocycles. The van der Waals surface area contributed by atoms with E-state index in [1.54, 1.807) is 0 Å². The summed E-state index contributed by atoms with van der Waals surface area (Å²) in [6, 6.07) is 0. The maximum Gasteiger partial charge on any atom is 0.323 e. The van der Waals surface area contributed by atoms with E-state index in [1.165, 1.54) is 6.92 Å². The van der Waals surface area contributed by atoms with Gasteiger partial charge in [0.2, 0.25) is 0 Å². The smallest absolute Gasteiger partial charge is 0.323 e. The van der Waals surface area contributed by atoms with Crippen LogP contribution in [-0.4, -0.2) is 21.9 Å². The Kier molecular flexibility index (Phi) is 3.14. The Hall–Kier alpha value is -0.0900. The summed E-state index contributed by atoms with van der Waals surface area (Å²) < 4.78 is 0. The van der Waals surface area contributed by atoms with Crippen molar-refractivity contribution in [2.24, 2.45) is 5.73 Å². The predicted octanol–water partition coefficient (Wildman–Crippen LogP) is 0.573. The molecule has 54 valence electrons. The van der Waals surface area contributed by atoms with Gasteiger partial charge in [0, 0.05) is 5.33 Å². The molecular formula is C5H10BrNO2. The molecular weight excluding hydrogens is 186 g/mol. The quantitative estimate of drug-likeness (QED) is 0.648. The molecule has 0 saturated heterocycles. The molecule has 3 N–H and O–H groups in total. The van der Waals surface area contributed by atoms with Crippen LogP contribution in [0.3, 0.4) is 0 Å².